The summed E-state index contributed by atoms with van der Waals surface area (Å²) in [5, 5.41) is 22.0. The van der Waals surface area contributed by atoms with E-state index in [1.165, 1.54) is 18.5 Å². The largest absolute Gasteiger partial charge is 0.480 e. The van der Waals surface area contributed by atoms with E-state index < -0.39 is 18.4 Å². The molecule has 1 amide bonds. The Morgan fingerprint density at radius 1 is 1.47 bits per heavy atom. The van der Waals surface area contributed by atoms with Crippen LogP contribution in [-0.2, 0) is 9.59 Å². The van der Waals surface area contributed by atoms with Crippen molar-refractivity contribution in [1.29, 1.82) is 5.26 Å². The smallest absolute Gasteiger partial charge is 0.322 e. The number of carboxylic acid groups (broad SMARTS) is 1. The predicted octanol–water partition coefficient (Wildman–Crippen LogP) is -0.434. The summed E-state index contributed by atoms with van der Waals surface area (Å²) < 4.78 is 0. The molecular formula is C10H10N4O3. The highest BCUT2D eigenvalue weighted by atomic mass is 16.4. The van der Waals surface area contributed by atoms with Gasteiger partial charge in [-0.05, 0) is 6.07 Å². The molecule has 1 rings (SSSR count). The minimum absolute atomic E-state index is 0.117. The van der Waals surface area contributed by atoms with Crippen LogP contribution in [-0.4, -0.2) is 35.1 Å². The average molecular weight is 234 g/mol. The lowest BCUT2D eigenvalue weighted by Gasteiger charge is -2.06. The molecule has 7 nitrogen and oxygen atoms in total. The van der Waals surface area contributed by atoms with Crippen LogP contribution in [0.15, 0.2) is 18.5 Å². The van der Waals surface area contributed by atoms with Crippen molar-refractivity contribution in [1.82, 2.24) is 10.3 Å². The maximum Gasteiger partial charge on any atom is 0.322 e. The summed E-state index contributed by atoms with van der Waals surface area (Å²) in [4.78, 5) is 25.2. The highest BCUT2D eigenvalue weighted by Crippen LogP contribution is 2.10. The molecule has 3 N–H and O–H groups in total. The van der Waals surface area contributed by atoms with Crippen molar-refractivity contribution in [3.05, 3.63) is 24.0 Å². The molecule has 0 aliphatic heterocycles. The number of aromatic nitrogens is 1. The fourth-order valence-electron chi connectivity index (χ4n) is 1.05. The maximum atomic E-state index is 11.2. The topological polar surface area (TPSA) is 115 Å². The Labute approximate surface area is 97.1 Å². The Bertz CT molecular complexity index is 467. The molecular weight excluding hydrogens is 224 g/mol. The first kappa shape index (κ1) is 12.4. The van der Waals surface area contributed by atoms with E-state index in [0.29, 0.717) is 11.3 Å². The van der Waals surface area contributed by atoms with E-state index in [4.69, 9.17) is 10.4 Å². The van der Waals surface area contributed by atoms with Crippen LogP contribution in [0.3, 0.4) is 0 Å². The molecule has 0 aliphatic carbocycles. The van der Waals surface area contributed by atoms with Gasteiger partial charge < -0.3 is 15.7 Å². The van der Waals surface area contributed by atoms with Gasteiger partial charge in [0, 0.05) is 6.20 Å². The second kappa shape index (κ2) is 6.07. The Morgan fingerprint density at radius 2 is 2.24 bits per heavy atom. The molecule has 0 atom stereocenters. The third-order valence-corrected chi connectivity index (χ3v) is 1.82. The molecule has 7 heteroatoms. The highest BCUT2D eigenvalue weighted by Gasteiger charge is 2.05. The van der Waals surface area contributed by atoms with E-state index in [9.17, 15) is 9.59 Å². The Hall–Kier alpha value is -2.62. The number of hydrogen-bond acceptors (Lipinski definition) is 5. The van der Waals surface area contributed by atoms with Crippen LogP contribution < -0.4 is 10.6 Å². The molecule has 17 heavy (non-hydrogen) atoms. The van der Waals surface area contributed by atoms with Crippen molar-refractivity contribution in [2.75, 3.05) is 18.4 Å². The summed E-state index contributed by atoms with van der Waals surface area (Å²) >= 11 is 0. The number of nitriles is 1. The normalized spacial score (nSPS) is 9.12. The number of pyridine rings is 1. The number of nitrogens with zero attached hydrogens (tertiary/aromatic N) is 2. The van der Waals surface area contributed by atoms with Crippen LogP contribution in [0.5, 0.6) is 0 Å². The van der Waals surface area contributed by atoms with Gasteiger partial charge in [-0.1, -0.05) is 0 Å². The molecule has 0 aliphatic rings. The molecule has 1 heterocycles. The van der Waals surface area contributed by atoms with Crippen molar-refractivity contribution in [2.45, 2.75) is 0 Å². The number of nitrogens with one attached hydrogen (secondary N) is 2. The molecule has 0 aromatic carbocycles. The molecule has 0 bridgehead atoms. The van der Waals surface area contributed by atoms with Crippen LogP contribution >= 0.6 is 0 Å². The lowest BCUT2D eigenvalue weighted by molar-refractivity contribution is -0.137. The predicted molar refractivity (Wildman–Crippen MR) is 58.1 cm³/mol. The monoisotopic (exact) mass is 234 g/mol. The number of carbonyl (C=O) groups is 2. The van der Waals surface area contributed by atoms with Crippen molar-refractivity contribution in [3.63, 3.8) is 0 Å². The molecule has 0 fully saturated rings. The average Bonchev–Trinajstić information content (AvgIpc) is 2.34. The number of hydrogen-bond donors (Lipinski definition) is 3. The van der Waals surface area contributed by atoms with Gasteiger partial charge in [-0.15, -0.1) is 0 Å². The second-order valence-electron chi connectivity index (χ2n) is 3.06. The van der Waals surface area contributed by atoms with Gasteiger partial charge in [0.05, 0.1) is 24.0 Å². The first-order valence-electron chi connectivity index (χ1n) is 4.70. The van der Waals surface area contributed by atoms with E-state index >= 15 is 0 Å². The fraction of sp³-hybridized carbons (Fsp3) is 0.200. The zero-order valence-electron chi connectivity index (χ0n) is 8.80. The number of anilines is 1. The lowest BCUT2D eigenvalue weighted by atomic mass is 10.2. The van der Waals surface area contributed by atoms with Crippen LogP contribution in [0.1, 0.15) is 5.56 Å². The summed E-state index contributed by atoms with van der Waals surface area (Å²) in [5.74, 6) is -1.59. The molecule has 88 valence electrons. The zero-order chi connectivity index (χ0) is 12.7. The van der Waals surface area contributed by atoms with E-state index in [1.54, 1.807) is 0 Å². The van der Waals surface area contributed by atoms with E-state index in [1.807, 2.05) is 6.07 Å². The SMILES string of the molecule is N#Cc1ccncc1NCC(=O)NCC(=O)O. The quantitative estimate of drug-likeness (QED) is 0.636. The number of rotatable bonds is 5. The summed E-state index contributed by atoms with van der Waals surface area (Å²) in [6, 6.07) is 3.45. The summed E-state index contributed by atoms with van der Waals surface area (Å²) in [5.41, 5.74) is 0.798. The molecule has 1 aromatic heterocycles. The Kier molecular flexibility index (Phi) is 4.45. The summed E-state index contributed by atoms with van der Waals surface area (Å²) in [7, 11) is 0. The first-order chi connectivity index (χ1) is 8.13. The van der Waals surface area contributed by atoms with Crippen LogP contribution in [0.2, 0.25) is 0 Å². The van der Waals surface area contributed by atoms with Gasteiger partial charge in [0.25, 0.3) is 0 Å². The van der Waals surface area contributed by atoms with Crippen molar-refractivity contribution in [2.24, 2.45) is 0 Å². The fourth-order valence-corrected chi connectivity index (χ4v) is 1.05. The molecule has 0 spiro atoms. The van der Waals surface area contributed by atoms with Gasteiger partial charge >= 0.3 is 5.97 Å². The lowest BCUT2D eigenvalue weighted by Crippen LogP contribution is -2.33. The van der Waals surface area contributed by atoms with E-state index in [0.717, 1.165) is 0 Å². The van der Waals surface area contributed by atoms with Gasteiger partial charge in [0.15, 0.2) is 0 Å². The van der Waals surface area contributed by atoms with Gasteiger partial charge in [-0.3, -0.25) is 14.6 Å². The van der Waals surface area contributed by atoms with Gasteiger partial charge in [-0.25, -0.2) is 0 Å². The van der Waals surface area contributed by atoms with Gasteiger partial charge in [-0.2, -0.15) is 5.26 Å². The summed E-state index contributed by atoms with van der Waals surface area (Å²) in [6.07, 6.45) is 2.89. The molecule has 0 saturated heterocycles. The standard InChI is InChI=1S/C10H10N4O3/c11-3-7-1-2-12-4-8(7)13-5-9(15)14-6-10(16)17/h1-2,4,13H,5-6H2,(H,14,15)(H,16,17). The maximum absolute atomic E-state index is 11.2. The molecule has 0 unspecified atom stereocenters. The third-order valence-electron chi connectivity index (χ3n) is 1.82. The Morgan fingerprint density at radius 3 is 2.88 bits per heavy atom. The number of aliphatic carboxylic acids is 1. The molecule has 0 saturated carbocycles. The first-order valence-corrected chi connectivity index (χ1v) is 4.70. The van der Waals surface area contributed by atoms with Crippen LogP contribution in [0.25, 0.3) is 0 Å². The highest BCUT2D eigenvalue weighted by molar-refractivity contribution is 5.84. The van der Waals surface area contributed by atoms with Gasteiger partial charge in [0.1, 0.15) is 12.6 Å². The number of carboxylic acids is 1. The second-order valence-corrected chi connectivity index (χ2v) is 3.06. The minimum Gasteiger partial charge on any atom is -0.480 e. The Balaban J connectivity index is 2.48. The van der Waals surface area contributed by atoms with Crippen molar-refractivity contribution >= 4 is 17.6 Å². The van der Waals surface area contributed by atoms with Gasteiger partial charge in [0.2, 0.25) is 5.91 Å². The minimum atomic E-state index is -1.11. The number of carbonyl (C=O) groups excluding carboxylic acids is 1. The van der Waals surface area contributed by atoms with Crippen molar-refractivity contribution < 1.29 is 14.7 Å². The van der Waals surface area contributed by atoms with Crippen LogP contribution in [0, 0.1) is 11.3 Å². The van der Waals surface area contributed by atoms with E-state index in [-0.39, 0.29) is 6.54 Å². The third kappa shape index (κ3) is 4.17. The number of amides is 1. The zero-order valence-corrected chi connectivity index (χ0v) is 8.80. The molecule has 0 radical (unpaired) electrons. The molecule has 1 aromatic rings. The van der Waals surface area contributed by atoms with Crippen molar-refractivity contribution in [3.8, 4) is 6.07 Å². The van der Waals surface area contributed by atoms with E-state index in [2.05, 4.69) is 15.6 Å². The summed E-state index contributed by atoms with van der Waals surface area (Å²) in [6.45, 7) is -0.549. The van der Waals surface area contributed by atoms with Crippen LogP contribution in [0.4, 0.5) is 5.69 Å².